The molecule has 130 valence electrons. The molecule has 4 aromatic rings. The van der Waals surface area contributed by atoms with E-state index in [1.54, 1.807) is 6.07 Å². The Bertz CT molecular complexity index is 1110. The van der Waals surface area contributed by atoms with Crippen LogP contribution < -0.4 is 0 Å². The van der Waals surface area contributed by atoms with Gasteiger partial charge in [0.1, 0.15) is 5.65 Å². The summed E-state index contributed by atoms with van der Waals surface area (Å²) >= 11 is 7.54. The molecule has 0 aliphatic heterocycles. The van der Waals surface area contributed by atoms with Crippen molar-refractivity contribution in [1.29, 1.82) is 0 Å². The van der Waals surface area contributed by atoms with Gasteiger partial charge in [-0.05, 0) is 36.9 Å². The first-order valence-electron chi connectivity index (χ1n) is 8.34. The lowest BCUT2D eigenvalue weighted by atomic mass is 10.0. The number of halogens is 1. The van der Waals surface area contributed by atoms with Crippen LogP contribution in [0.4, 0.5) is 0 Å². The van der Waals surface area contributed by atoms with E-state index in [4.69, 9.17) is 16.6 Å². The number of imidazole rings is 1. The van der Waals surface area contributed by atoms with Crippen LogP contribution in [0.2, 0.25) is 5.02 Å². The Labute approximate surface area is 160 Å². The van der Waals surface area contributed by atoms with Gasteiger partial charge in [-0.15, -0.1) is 11.3 Å². The lowest BCUT2D eigenvalue weighted by Crippen LogP contribution is -2.06. The number of ketones is 1. The van der Waals surface area contributed by atoms with Gasteiger partial charge in [-0.2, -0.15) is 0 Å². The molecule has 0 saturated heterocycles. The number of benzene rings is 1. The van der Waals surface area contributed by atoms with Crippen LogP contribution in [0, 0.1) is 13.8 Å². The topological polar surface area (TPSA) is 34.4 Å². The molecule has 0 radical (unpaired) electrons. The van der Waals surface area contributed by atoms with Gasteiger partial charge >= 0.3 is 0 Å². The summed E-state index contributed by atoms with van der Waals surface area (Å²) in [5, 5.41) is 2.36. The third kappa shape index (κ3) is 3.06. The van der Waals surface area contributed by atoms with E-state index in [1.165, 1.54) is 16.9 Å². The summed E-state index contributed by atoms with van der Waals surface area (Å²) < 4.78 is 2.02. The van der Waals surface area contributed by atoms with Crippen molar-refractivity contribution in [2.24, 2.45) is 0 Å². The second-order valence-corrected chi connectivity index (χ2v) is 7.73. The minimum atomic E-state index is 0.0154. The monoisotopic (exact) mass is 380 g/mol. The van der Waals surface area contributed by atoms with Gasteiger partial charge in [0.25, 0.3) is 0 Å². The minimum absolute atomic E-state index is 0.0154. The second kappa shape index (κ2) is 6.71. The zero-order valence-corrected chi connectivity index (χ0v) is 16.1. The first kappa shape index (κ1) is 17.0. The molecule has 4 rings (SSSR count). The van der Waals surface area contributed by atoms with Crippen LogP contribution in [0.1, 0.15) is 26.5 Å². The SMILES string of the molecule is Cc1ccc(-c2nc3ccc(C)cn3c2CC(=O)c2sccc2Cl)cc1. The van der Waals surface area contributed by atoms with Crippen molar-refractivity contribution in [2.45, 2.75) is 20.3 Å². The van der Waals surface area contributed by atoms with Crippen molar-refractivity contribution in [3.8, 4) is 11.3 Å². The van der Waals surface area contributed by atoms with Gasteiger partial charge in [-0.3, -0.25) is 4.79 Å². The Hall–Kier alpha value is -2.43. The number of carbonyl (C=O) groups excluding carboxylic acids is 1. The molecule has 0 unspecified atom stereocenters. The molecule has 0 N–H and O–H groups in total. The third-order valence-electron chi connectivity index (χ3n) is 4.39. The maximum absolute atomic E-state index is 12.8. The molecule has 0 saturated carbocycles. The summed E-state index contributed by atoms with van der Waals surface area (Å²) in [6.07, 6.45) is 2.28. The summed E-state index contributed by atoms with van der Waals surface area (Å²) in [7, 11) is 0. The number of Topliss-reactive ketones (excluding diaryl/α,β-unsaturated/α-hetero) is 1. The van der Waals surface area contributed by atoms with Crippen LogP contribution in [0.15, 0.2) is 54.0 Å². The number of pyridine rings is 1. The van der Waals surface area contributed by atoms with Crippen molar-refractivity contribution in [3.05, 3.63) is 80.8 Å². The minimum Gasteiger partial charge on any atom is -0.303 e. The van der Waals surface area contributed by atoms with Crippen molar-refractivity contribution in [3.63, 3.8) is 0 Å². The Balaban J connectivity index is 1.86. The summed E-state index contributed by atoms with van der Waals surface area (Å²) in [6.45, 7) is 4.09. The molecule has 0 aliphatic carbocycles. The Morgan fingerprint density at radius 1 is 1.08 bits per heavy atom. The highest BCUT2D eigenvalue weighted by Crippen LogP contribution is 2.29. The molecule has 5 heteroatoms. The first-order valence-corrected chi connectivity index (χ1v) is 9.59. The number of aromatic nitrogens is 2. The maximum atomic E-state index is 12.8. The van der Waals surface area contributed by atoms with Crippen molar-refractivity contribution in [2.75, 3.05) is 0 Å². The van der Waals surface area contributed by atoms with E-state index in [0.717, 1.165) is 28.2 Å². The molecule has 0 amide bonds. The number of hydrogen-bond acceptors (Lipinski definition) is 3. The zero-order valence-electron chi connectivity index (χ0n) is 14.5. The van der Waals surface area contributed by atoms with Crippen molar-refractivity contribution >= 4 is 34.4 Å². The van der Waals surface area contributed by atoms with Gasteiger partial charge in [-0.1, -0.05) is 47.5 Å². The molecule has 0 bridgehead atoms. The lowest BCUT2D eigenvalue weighted by molar-refractivity contribution is 0.0996. The van der Waals surface area contributed by atoms with Crippen molar-refractivity contribution < 1.29 is 4.79 Å². The summed E-state index contributed by atoms with van der Waals surface area (Å²) in [5.74, 6) is 0.0154. The molecule has 1 aromatic carbocycles. The van der Waals surface area contributed by atoms with E-state index in [1.807, 2.05) is 35.0 Å². The zero-order chi connectivity index (χ0) is 18.3. The van der Waals surface area contributed by atoms with Gasteiger partial charge in [0, 0.05) is 11.8 Å². The molecule has 0 fully saturated rings. The second-order valence-electron chi connectivity index (χ2n) is 6.41. The molecule has 3 aromatic heterocycles. The number of carbonyl (C=O) groups is 1. The van der Waals surface area contributed by atoms with Crippen LogP contribution in [0.25, 0.3) is 16.9 Å². The molecule has 3 heterocycles. The fourth-order valence-electron chi connectivity index (χ4n) is 3.04. The third-order valence-corrected chi connectivity index (χ3v) is 5.77. The molecule has 0 aliphatic rings. The Kier molecular flexibility index (Phi) is 4.39. The quantitative estimate of drug-likeness (QED) is 0.422. The number of fused-ring (bicyclic) bond motifs is 1. The van der Waals surface area contributed by atoms with Crippen LogP contribution in [-0.2, 0) is 6.42 Å². The molecule has 0 spiro atoms. The van der Waals surface area contributed by atoms with E-state index in [9.17, 15) is 4.79 Å². The smallest absolute Gasteiger partial charge is 0.180 e. The normalized spacial score (nSPS) is 11.2. The fraction of sp³-hybridized carbons (Fsp3) is 0.143. The summed E-state index contributed by atoms with van der Waals surface area (Å²) in [5.41, 5.74) is 5.89. The van der Waals surface area contributed by atoms with Crippen LogP contribution >= 0.6 is 22.9 Å². The largest absolute Gasteiger partial charge is 0.303 e. The standard InChI is InChI=1S/C21H17ClN2OS/c1-13-3-6-15(7-4-13)20-17(11-18(25)21-16(22)9-10-26-21)24-12-14(2)5-8-19(24)23-20/h3-10,12H,11H2,1-2H3. The highest BCUT2D eigenvalue weighted by atomic mass is 35.5. The predicted octanol–water partition coefficient (Wildman–Crippen LogP) is 5.76. The lowest BCUT2D eigenvalue weighted by Gasteiger charge is -2.06. The number of aryl methyl sites for hydroxylation is 2. The molecular weight excluding hydrogens is 364 g/mol. The number of thiophene rings is 1. The Morgan fingerprint density at radius 2 is 1.81 bits per heavy atom. The maximum Gasteiger partial charge on any atom is 0.180 e. The van der Waals surface area contributed by atoms with Gasteiger partial charge in [-0.25, -0.2) is 4.98 Å². The van der Waals surface area contributed by atoms with E-state index < -0.39 is 0 Å². The van der Waals surface area contributed by atoms with E-state index in [-0.39, 0.29) is 12.2 Å². The van der Waals surface area contributed by atoms with E-state index in [2.05, 4.69) is 31.2 Å². The van der Waals surface area contributed by atoms with Crippen LogP contribution in [0.3, 0.4) is 0 Å². The van der Waals surface area contributed by atoms with Crippen molar-refractivity contribution in [1.82, 2.24) is 9.38 Å². The highest BCUT2D eigenvalue weighted by molar-refractivity contribution is 7.12. The average molecular weight is 381 g/mol. The molecule has 3 nitrogen and oxygen atoms in total. The number of rotatable bonds is 4. The first-order chi connectivity index (χ1) is 12.5. The molecule has 0 atom stereocenters. The van der Waals surface area contributed by atoms with Crippen LogP contribution in [-0.4, -0.2) is 15.2 Å². The van der Waals surface area contributed by atoms with E-state index in [0.29, 0.717) is 9.90 Å². The van der Waals surface area contributed by atoms with E-state index >= 15 is 0 Å². The highest BCUT2D eigenvalue weighted by Gasteiger charge is 2.20. The van der Waals surface area contributed by atoms with Crippen LogP contribution in [0.5, 0.6) is 0 Å². The molecular formula is C21H17ClN2OS. The average Bonchev–Trinajstić information content (AvgIpc) is 3.20. The molecule has 26 heavy (non-hydrogen) atoms. The Morgan fingerprint density at radius 3 is 2.50 bits per heavy atom. The number of hydrogen-bond donors (Lipinski definition) is 0. The van der Waals surface area contributed by atoms with Gasteiger partial charge in [0.15, 0.2) is 5.78 Å². The fourth-order valence-corrected chi connectivity index (χ4v) is 4.14. The summed E-state index contributed by atoms with van der Waals surface area (Å²) in [4.78, 5) is 18.2. The van der Waals surface area contributed by atoms with Gasteiger partial charge in [0.2, 0.25) is 0 Å². The van der Waals surface area contributed by atoms with Gasteiger partial charge in [0.05, 0.1) is 27.7 Å². The van der Waals surface area contributed by atoms with Gasteiger partial charge < -0.3 is 4.40 Å². The number of nitrogens with zero attached hydrogens (tertiary/aromatic N) is 2. The summed E-state index contributed by atoms with van der Waals surface area (Å²) in [6, 6.07) is 14.0. The predicted molar refractivity (Wildman–Crippen MR) is 107 cm³/mol.